The van der Waals surface area contributed by atoms with Gasteiger partial charge in [-0.2, -0.15) is 0 Å². The number of piperidine rings is 1. The van der Waals surface area contributed by atoms with Crippen molar-refractivity contribution in [2.75, 3.05) is 6.54 Å². The molecule has 3 unspecified atom stereocenters. The van der Waals surface area contributed by atoms with Crippen molar-refractivity contribution in [1.29, 1.82) is 0 Å². The van der Waals surface area contributed by atoms with Crippen LogP contribution in [0.5, 0.6) is 0 Å². The van der Waals surface area contributed by atoms with Gasteiger partial charge >= 0.3 is 0 Å². The highest BCUT2D eigenvalue weighted by molar-refractivity contribution is 5.09. The quantitative estimate of drug-likeness (QED) is 0.787. The van der Waals surface area contributed by atoms with Gasteiger partial charge in [0.25, 0.3) is 0 Å². The van der Waals surface area contributed by atoms with Gasteiger partial charge in [0.1, 0.15) is 0 Å². The van der Waals surface area contributed by atoms with E-state index in [1.54, 1.807) is 19.3 Å². The fourth-order valence-corrected chi connectivity index (χ4v) is 6.48. The number of likely N-dealkylation sites (tertiary alicyclic amines) is 1. The van der Waals surface area contributed by atoms with E-state index in [1.807, 2.05) is 0 Å². The van der Waals surface area contributed by atoms with Crippen LogP contribution in [-0.2, 0) is 0 Å². The summed E-state index contributed by atoms with van der Waals surface area (Å²) in [5, 5.41) is 0. The molecule has 19 heavy (non-hydrogen) atoms. The SMILES string of the molecule is CC1C(N)CCN(C23CC4CC(CC(C4)C2)C3)C1C. The molecular formula is C17H30N2. The van der Waals surface area contributed by atoms with Crippen LogP contribution in [0.4, 0.5) is 0 Å². The molecule has 5 fully saturated rings. The van der Waals surface area contributed by atoms with Crippen LogP contribution in [0.25, 0.3) is 0 Å². The van der Waals surface area contributed by atoms with Crippen LogP contribution in [0, 0.1) is 23.7 Å². The fourth-order valence-electron chi connectivity index (χ4n) is 6.48. The maximum atomic E-state index is 6.30. The Bertz CT molecular complexity index is 329. The monoisotopic (exact) mass is 262 g/mol. The van der Waals surface area contributed by atoms with E-state index in [0.29, 0.717) is 23.5 Å². The highest BCUT2D eigenvalue weighted by Crippen LogP contribution is 2.58. The Morgan fingerprint density at radius 3 is 2.00 bits per heavy atom. The van der Waals surface area contributed by atoms with Crippen molar-refractivity contribution >= 4 is 0 Å². The Kier molecular flexibility index (Phi) is 2.80. The van der Waals surface area contributed by atoms with Gasteiger partial charge in [-0.1, -0.05) is 6.92 Å². The average Bonchev–Trinajstić information content (AvgIpc) is 2.34. The third-order valence-electron chi connectivity index (χ3n) is 7.25. The zero-order valence-corrected chi connectivity index (χ0v) is 12.6. The third kappa shape index (κ3) is 1.82. The first-order valence-electron chi connectivity index (χ1n) is 8.60. The summed E-state index contributed by atoms with van der Waals surface area (Å²) in [6, 6.07) is 1.13. The Morgan fingerprint density at radius 1 is 0.947 bits per heavy atom. The van der Waals surface area contributed by atoms with Crippen LogP contribution in [0.3, 0.4) is 0 Å². The van der Waals surface area contributed by atoms with Gasteiger partial charge in [-0.25, -0.2) is 0 Å². The smallest absolute Gasteiger partial charge is 0.0220 e. The number of nitrogens with two attached hydrogens (primary N) is 1. The lowest BCUT2D eigenvalue weighted by Crippen LogP contribution is -2.66. The molecule has 0 spiro atoms. The van der Waals surface area contributed by atoms with Gasteiger partial charge in [0.05, 0.1) is 0 Å². The summed E-state index contributed by atoms with van der Waals surface area (Å²) in [6.07, 6.45) is 10.4. The molecule has 5 aliphatic rings. The molecule has 0 radical (unpaired) electrons. The van der Waals surface area contributed by atoms with Crippen molar-refractivity contribution in [1.82, 2.24) is 4.90 Å². The molecule has 2 nitrogen and oxygen atoms in total. The normalized spacial score (nSPS) is 57.6. The highest BCUT2D eigenvalue weighted by Gasteiger charge is 2.55. The summed E-state index contributed by atoms with van der Waals surface area (Å²) >= 11 is 0. The van der Waals surface area contributed by atoms with Crippen LogP contribution in [-0.4, -0.2) is 29.1 Å². The van der Waals surface area contributed by atoms with Crippen molar-refractivity contribution in [3.8, 4) is 0 Å². The van der Waals surface area contributed by atoms with E-state index in [4.69, 9.17) is 5.73 Å². The summed E-state index contributed by atoms with van der Waals surface area (Å²) in [5.41, 5.74) is 6.88. The van der Waals surface area contributed by atoms with Gasteiger partial charge in [0.2, 0.25) is 0 Å². The molecule has 3 atom stereocenters. The van der Waals surface area contributed by atoms with Crippen molar-refractivity contribution < 1.29 is 0 Å². The molecule has 2 N–H and O–H groups in total. The van der Waals surface area contributed by atoms with Crippen molar-refractivity contribution in [3.63, 3.8) is 0 Å². The maximum absolute atomic E-state index is 6.30. The Balaban J connectivity index is 1.61. The zero-order chi connectivity index (χ0) is 13.2. The predicted molar refractivity (Wildman–Crippen MR) is 78.8 cm³/mol. The molecule has 5 rings (SSSR count). The van der Waals surface area contributed by atoms with E-state index in [0.717, 1.165) is 17.8 Å². The molecule has 0 aromatic carbocycles. The van der Waals surface area contributed by atoms with E-state index in [2.05, 4.69) is 18.7 Å². The second-order valence-electron chi connectivity index (χ2n) is 8.39. The highest BCUT2D eigenvalue weighted by atomic mass is 15.2. The van der Waals surface area contributed by atoms with Gasteiger partial charge in [0.15, 0.2) is 0 Å². The molecule has 1 heterocycles. The van der Waals surface area contributed by atoms with Crippen molar-refractivity contribution in [2.24, 2.45) is 29.4 Å². The summed E-state index contributed by atoms with van der Waals surface area (Å²) in [6.45, 7) is 6.09. The number of hydrogen-bond donors (Lipinski definition) is 1. The molecule has 0 amide bonds. The van der Waals surface area contributed by atoms with Crippen molar-refractivity contribution in [3.05, 3.63) is 0 Å². The summed E-state index contributed by atoms with van der Waals surface area (Å²) in [7, 11) is 0. The minimum Gasteiger partial charge on any atom is -0.327 e. The summed E-state index contributed by atoms with van der Waals surface area (Å²) < 4.78 is 0. The second-order valence-corrected chi connectivity index (χ2v) is 8.39. The third-order valence-corrected chi connectivity index (χ3v) is 7.25. The Labute approximate surface area is 118 Å². The molecule has 4 aliphatic carbocycles. The predicted octanol–water partition coefficient (Wildman–Crippen LogP) is 3.01. The lowest BCUT2D eigenvalue weighted by atomic mass is 9.52. The fraction of sp³-hybridized carbons (Fsp3) is 1.00. The van der Waals surface area contributed by atoms with Crippen molar-refractivity contribution in [2.45, 2.75) is 76.4 Å². The number of nitrogens with zero attached hydrogens (tertiary/aromatic N) is 1. The maximum Gasteiger partial charge on any atom is 0.0220 e. The molecule has 108 valence electrons. The molecule has 4 bridgehead atoms. The molecule has 1 saturated heterocycles. The Morgan fingerprint density at radius 2 is 1.47 bits per heavy atom. The standard InChI is InChI=1S/C17H30N2/c1-11-12(2)19(4-3-16(11)18)17-8-13-5-14(9-17)7-15(6-13)10-17/h11-16H,3-10,18H2,1-2H3. The van der Waals surface area contributed by atoms with Gasteiger partial charge in [0, 0.05) is 24.2 Å². The molecule has 0 aromatic heterocycles. The molecule has 1 aliphatic heterocycles. The van der Waals surface area contributed by atoms with Crippen LogP contribution in [0.2, 0.25) is 0 Å². The number of rotatable bonds is 1. The van der Waals surface area contributed by atoms with E-state index in [-0.39, 0.29) is 0 Å². The largest absolute Gasteiger partial charge is 0.327 e. The van der Waals surface area contributed by atoms with Gasteiger partial charge in [-0.15, -0.1) is 0 Å². The van der Waals surface area contributed by atoms with Crippen LogP contribution >= 0.6 is 0 Å². The average molecular weight is 262 g/mol. The Hall–Kier alpha value is -0.0800. The van der Waals surface area contributed by atoms with Gasteiger partial charge < -0.3 is 5.73 Å². The number of hydrogen-bond acceptors (Lipinski definition) is 2. The molecular weight excluding hydrogens is 232 g/mol. The van der Waals surface area contributed by atoms with E-state index >= 15 is 0 Å². The van der Waals surface area contributed by atoms with Crippen LogP contribution < -0.4 is 5.73 Å². The summed E-state index contributed by atoms with van der Waals surface area (Å²) in [5.74, 6) is 3.85. The molecule has 0 aromatic rings. The van der Waals surface area contributed by atoms with E-state index in [9.17, 15) is 0 Å². The van der Waals surface area contributed by atoms with E-state index in [1.165, 1.54) is 32.2 Å². The summed E-state index contributed by atoms with van der Waals surface area (Å²) in [4.78, 5) is 2.92. The molecule has 2 heteroatoms. The minimum absolute atomic E-state index is 0.431. The lowest BCUT2D eigenvalue weighted by Gasteiger charge is -2.63. The molecule has 4 saturated carbocycles. The van der Waals surface area contributed by atoms with Crippen LogP contribution in [0.15, 0.2) is 0 Å². The first kappa shape index (κ1) is 12.6. The first-order chi connectivity index (χ1) is 9.07. The second kappa shape index (κ2) is 4.21. The zero-order valence-electron chi connectivity index (χ0n) is 12.6. The van der Waals surface area contributed by atoms with Gasteiger partial charge in [-0.05, 0) is 75.5 Å². The van der Waals surface area contributed by atoms with E-state index < -0.39 is 0 Å². The van der Waals surface area contributed by atoms with Crippen LogP contribution in [0.1, 0.15) is 58.8 Å². The topological polar surface area (TPSA) is 29.3 Å². The minimum atomic E-state index is 0.431. The van der Waals surface area contributed by atoms with Gasteiger partial charge in [-0.3, -0.25) is 4.90 Å². The first-order valence-corrected chi connectivity index (χ1v) is 8.60. The lowest BCUT2D eigenvalue weighted by molar-refractivity contribution is -0.120.